The van der Waals surface area contributed by atoms with Crippen molar-refractivity contribution in [2.24, 2.45) is 0 Å². The summed E-state index contributed by atoms with van der Waals surface area (Å²) in [7, 11) is 0. The SMILES string of the molecule is CCCCCCCNC1CC1NC(=O)OC(C)(C)C. The van der Waals surface area contributed by atoms with Crippen LogP contribution in [0.3, 0.4) is 0 Å². The zero-order valence-corrected chi connectivity index (χ0v) is 12.9. The molecule has 0 aliphatic heterocycles. The number of hydrogen-bond acceptors (Lipinski definition) is 3. The van der Waals surface area contributed by atoms with Crippen molar-refractivity contribution in [3.8, 4) is 0 Å². The van der Waals surface area contributed by atoms with Crippen LogP contribution < -0.4 is 10.6 Å². The normalized spacial score (nSPS) is 22.1. The maximum Gasteiger partial charge on any atom is 0.407 e. The molecule has 0 bridgehead atoms. The first-order chi connectivity index (χ1) is 8.92. The molecule has 4 nitrogen and oxygen atoms in total. The van der Waals surface area contributed by atoms with Gasteiger partial charge in [-0.15, -0.1) is 0 Å². The van der Waals surface area contributed by atoms with Crippen molar-refractivity contribution in [2.75, 3.05) is 6.54 Å². The second-order valence-corrected chi connectivity index (χ2v) is 6.46. The maximum absolute atomic E-state index is 11.5. The minimum absolute atomic E-state index is 0.255. The number of amides is 1. The van der Waals surface area contributed by atoms with Crippen LogP contribution >= 0.6 is 0 Å². The lowest BCUT2D eigenvalue weighted by Crippen LogP contribution is -2.36. The Morgan fingerprint density at radius 2 is 1.84 bits per heavy atom. The van der Waals surface area contributed by atoms with Gasteiger partial charge in [0.1, 0.15) is 5.60 Å². The Labute approximate surface area is 117 Å². The second-order valence-electron chi connectivity index (χ2n) is 6.46. The van der Waals surface area contributed by atoms with Crippen LogP contribution in [0.2, 0.25) is 0 Å². The van der Waals surface area contributed by atoms with Gasteiger partial charge in [0.25, 0.3) is 0 Å². The Bertz CT molecular complexity index is 274. The number of nitrogens with one attached hydrogen (secondary N) is 2. The predicted molar refractivity (Wildman–Crippen MR) is 78.3 cm³/mol. The molecule has 0 aromatic rings. The molecule has 1 amide bonds. The first kappa shape index (κ1) is 16.3. The third-order valence-corrected chi connectivity index (χ3v) is 3.18. The molecular weight excluding hydrogens is 240 g/mol. The largest absolute Gasteiger partial charge is 0.444 e. The topological polar surface area (TPSA) is 50.4 Å². The van der Waals surface area contributed by atoms with Gasteiger partial charge in [-0.1, -0.05) is 32.6 Å². The molecule has 1 aliphatic carbocycles. The highest BCUT2D eigenvalue weighted by atomic mass is 16.6. The number of unbranched alkanes of at least 4 members (excludes halogenated alkanes) is 4. The molecule has 112 valence electrons. The first-order valence-electron chi connectivity index (χ1n) is 7.65. The third kappa shape index (κ3) is 8.09. The van der Waals surface area contributed by atoms with Crippen LogP contribution in [0.4, 0.5) is 4.79 Å². The van der Waals surface area contributed by atoms with Crippen molar-refractivity contribution in [1.29, 1.82) is 0 Å². The molecule has 19 heavy (non-hydrogen) atoms. The highest BCUT2D eigenvalue weighted by Gasteiger charge is 2.38. The van der Waals surface area contributed by atoms with Crippen molar-refractivity contribution in [2.45, 2.75) is 83.9 Å². The molecule has 2 N–H and O–H groups in total. The van der Waals surface area contributed by atoms with Crippen LogP contribution in [0.1, 0.15) is 66.2 Å². The lowest BCUT2D eigenvalue weighted by Gasteiger charge is -2.19. The molecule has 0 spiro atoms. The summed E-state index contributed by atoms with van der Waals surface area (Å²) in [5, 5.41) is 6.38. The summed E-state index contributed by atoms with van der Waals surface area (Å²) >= 11 is 0. The number of rotatable bonds is 8. The number of carbonyl (C=O) groups excluding carboxylic acids is 1. The van der Waals surface area contributed by atoms with E-state index >= 15 is 0 Å². The van der Waals surface area contributed by atoms with E-state index in [2.05, 4.69) is 17.6 Å². The molecule has 1 saturated carbocycles. The van der Waals surface area contributed by atoms with E-state index in [9.17, 15) is 4.79 Å². The molecule has 1 aliphatic rings. The van der Waals surface area contributed by atoms with Crippen LogP contribution in [0.5, 0.6) is 0 Å². The van der Waals surface area contributed by atoms with Gasteiger partial charge < -0.3 is 15.4 Å². The van der Waals surface area contributed by atoms with Gasteiger partial charge in [0.2, 0.25) is 0 Å². The summed E-state index contributed by atoms with van der Waals surface area (Å²) in [6.45, 7) is 8.93. The monoisotopic (exact) mass is 270 g/mol. The zero-order valence-electron chi connectivity index (χ0n) is 12.9. The second kappa shape index (κ2) is 7.73. The average Bonchev–Trinajstić information content (AvgIpc) is 2.99. The predicted octanol–water partition coefficient (Wildman–Crippen LogP) is 3.21. The molecule has 2 atom stereocenters. The highest BCUT2D eigenvalue weighted by Crippen LogP contribution is 2.21. The summed E-state index contributed by atoms with van der Waals surface area (Å²) in [5.41, 5.74) is -0.415. The number of hydrogen-bond donors (Lipinski definition) is 2. The summed E-state index contributed by atoms with van der Waals surface area (Å²) in [6.07, 6.45) is 7.22. The van der Waals surface area contributed by atoms with Gasteiger partial charge in [0, 0.05) is 12.1 Å². The van der Waals surface area contributed by atoms with E-state index in [4.69, 9.17) is 4.74 Å². The summed E-state index contributed by atoms with van der Waals surface area (Å²) in [4.78, 5) is 11.5. The zero-order chi connectivity index (χ0) is 14.3. The Morgan fingerprint density at radius 1 is 1.16 bits per heavy atom. The summed E-state index contributed by atoms with van der Waals surface area (Å²) in [5.74, 6) is 0. The van der Waals surface area contributed by atoms with Gasteiger partial charge in [-0.05, 0) is 40.2 Å². The van der Waals surface area contributed by atoms with Crippen LogP contribution in [0.15, 0.2) is 0 Å². The van der Waals surface area contributed by atoms with E-state index in [1.807, 2.05) is 20.8 Å². The van der Waals surface area contributed by atoms with Gasteiger partial charge in [-0.3, -0.25) is 0 Å². The molecular formula is C15H30N2O2. The van der Waals surface area contributed by atoms with E-state index in [1.54, 1.807) is 0 Å². The van der Waals surface area contributed by atoms with Crippen LogP contribution in [0, 0.1) is 0 Å². The lowest BCUT2D eigenvalue weighted by atomic mass is 10.1. The van der Waals surface area contributed by atoms with Crippen molar-refractivity contribution < 1.29 is 9.53 Å². The number of alkyl carbamates (subject to hydrolysis) is 1. The fourth-order valence-electron chi connectivity index (χ4n) is 2.06. The first-order valence-corrected chi connectivity index (χ1v) is 7.65. The summed E-state index contributed by atoms with van der Waals surface area (Å²) in [6, 6.07) is 0.698. The molecule has 0 saturated heterocycles. The number of carbonyl (C=O) groups is 1. The van der Waals surface area contributed by atoms with E-state index in [-0.39, 0.29) is 12.1 Å². The minimum Gasteiger partial charge on any atom is -0.444 e. The molecule has 0 aromatic heterocycles. The van der Waals surface area contributed by atoms with Crippen LogP contribution in [-0.4, -0.2) is 30.3 Å². The molecule has 0 aromatic carbocycles. The minimum atomic E-state index is -0.415. The summed E-state index contributed by atoms with van der Waals surface area (Å²) < 4.78 is 5.23. The van der Waals surface area contributed by atoms with Crippen molar-refractivity contribution in [3.63, 3.8) is 0 Å². The molecule has 1 rings (SSSR count). The highest BCUT2D eigenvalue weighted by molar-refractivity contribution is 5.68. The van der Waals surface area contributed by atoms with E-state index < -0.39 is 5.60 Å². The standard InChI is InChI=1S/C15H30N2O2/c1-5-6-7-8-9-10-16-12-11-13(12)17-14(18)19-15(2,3)4/h12-13,16H,5-11H2,1-4H3,(H,17,18). The molecule has 0 heterocycles. The quantitative estimate of drug-likeness (QED) is 0.666. The Kier molecular flexibility index (Phi) is 6.63. The van der Waals surface area contributed by atoms with Gasteiger partial charge in [0.05, 0.1) is 0 Å². The number of ether oxygens (including phenoxy) is 1. The van der Waals surface area contributed by atoms with E-state index in [0.29, 0.717) is 6.04 Å². The van der Waals surface area contributed by atoms with Crippen molar-refractivity contribution >= 4 is 6.09 Å². The molecule has 4 heteroatoms. The van der Waals surface area contributed by atoms with E-state index in [1.165, 1.54) is 32.1 Å². The Balaban J connectivity index is 1.98. The van der Waals surface area contributed by atoms with E-state index in [0.717, 1.165) is 13.0 Å². The fraction of sp³-hybridized carbons (Fsp3) is 0.933. The molecule has 1 fully saturated rings. The third-order valence-electron chi connectivity index (χ3n) is 3.18. The fourth-order valence-corrected chi connectivity index (χ4v) is 2.06. The van der Waals surface area contributed by atoms with Crippen molar-refractivity contribution in [1.82, 2.24) is 10.6 Å². The van der Waals surface area contributed by atoms with Crippen LogP contribution in [0.25, 0.3) is 0 Å². The lowest BCUT2D eigenvalue weighted by molar-refractivity contribution is 0.0522. The van der Waals surface area contributed by atoms with Crippen LogP contribution in [-0.2, 0) is 4.74 Å². The average molecular weight is 270 g/mol. The smallest absolute Gasteiger partial charge is 0.407 e. The van der Waals surface area contributed by atoms with Crippen molar-refractivity contribution in [3.05, 3.63) is 0 Å². The molecule has 2 unspecified atom stereocenters. The van der Waals surface area contributed by atoms with Gasteiger partial charge in [-0.2, -0.15) is 0 Å². The maximum atomic E-state index is 11.5. The van der Waals surface area contributed by atoms with Gasteiger partial charge >= 0.3 is 6.09 Å². The Hall–Kier alpha value is -0.770. The van der Waals surface area contributed by atoms with Gasteiger partial charge in [-0.25, -0.2) is 4.79 Å². The Morgan fingerprint density at radius 3 is 2.47 bits per heavy atom. The van der Waals surface area contributed by atoms with Gasteiger partial charge in [0.15, 0.2) is 0 Å². The molecule has 0 radical (unpaired) electrons.